The van der Waals surface area contributed by atoms with Crippen molar-refractivity contribution in [2.45, 2.75) is 54.1 Å². The summed E-state index contributed by atoms with van der Waals surface area (Å²) in [5.41, 5.74) is 12.8. The molecule has 1 aromatic carbocycles. The predicted octanol–water partition coefficient (Wildman–Crippen LogP) is 2.99. The standard InChI is InChI=1S/C16H28N2/c1-10(2)16(8-17)18-9-15-13(5)11(3)7-12(4)14(15)6/h7,10,16,18H,8-9,17H2,1-6H3. The van der Waals surface area contributed by atoms with Crippen LogP contribution in [0.4, 0.5) is 0 Å². The zero-order valence-electron chi connectivity index (χ0n) is 12.7. The average Bonchev–Trinajstić information content (AvgIpc) is 2.31. The lowest BCUT2D eigenvalue weighted by molar-refractivity contribution is 0.404. The Labute approximate surface area is 112 Å². The summed E-state index contributed by atoms with van der Waals surface area (Å²) in [6.45, 7) is 14.8. The number of aryl methyl sites for hydroxylation is 2. The van der Waals surface area contributed by atoms with Gasteiger partial charge in [-0.05, 0) is 61.4 Å². The van der Waals surface area contributed by atoms with E-state index in [0.717, 1.165) is 6.54 Å². The second-order valence-corrected chi connectivity index (χ2v) is 5.71. The fourth-order valence-electron chi connectivity index (χ4n) is 2.39. The number of hydrogen-bond donors (Lipinski definition) is 2. The second kappa shape index (κ2) is 6.35. The van der Waals surface area contributed by atoms with E-state index in [0.29, 0.717) is 18.5 Å². The van der Waals surface area contributed by atoms with Crippen LogP contribution >= 0.6 is 0 Å². The van der Waals surface area contributed by atoms with E-state index >= 15 is 0 Å². The molecule has 0 heterocycles. The highest BCUT2D eigenvalue weighted by Crippen LogP contribution is 2.21. The molecule has 0 aliphatic heterocycles. The lowest BCUT2D eigenvalue weighted by Gasteiger charge is -2.23. The Bertz CT molecular complexity index is 382. The number of hydrogen-bond acceptors (Lipinski definition) is 2. The van der Waals surface area contributed by atoms with Gasteiger partial charge in [0.1, 0.15) is 0 Å². The lowest BCUT2D eigenvalue weighted by atomic mass is 9.93. The molecule has 3 N–H and O–H groups in total. The Balaban J connectivity index is 2.91. The van der Waals surface area contributed by atoms with E-state index in [2.05, 4.69) is 52.9 Å². The van der Waals surface area contributed by atoms with Gasteiger partial charge < -0.3 is 11.1 Å². The third-order valence-corrected chi connectivity index (χ3v) is 4.12. The molecular weight excluding hydrogens is 220 g/mol. The number of nitrogens with two attached hydrogens (primary N) is 1. The van der Waals surface area contributed by atoms with E-state index in [1.54, 1.807) is 0 Å². The van der Waals surface area contributed by atoms with Crippen LogP contribution in [0.1, 0.15) is 41.7 Å². The molecule has 0 amide bonds. The lowest BCUT2D eigenvalue weighted by Crippen LogP contribution is -2.40. The minimum atomic E-state index is 0.393. The van der Waals surface area contributed by atoms with E-state index in [-0.39, 0.29) is 0 Å². The van der Waals surface area contributed by atoms with Gasteiger partial charge in [-0.3, -0.25) is 0 Å². The van der Waals surface area contributed by atoms with E-state index < -0.39 is 0 Å². The average molecular weight is 248 g/mol. The quantitative estimate of drug-likeness (QED) is 0.840. The Hall–Kier alpha value is -0.860. The first-order valence-corrected chi connectivity index (χ1v) is 6.88. The summed E-state index contributed by atoms with van der Waals surface area (Å²) in [4.78, 5) is 0. The van der Waals surface area contributed by atoms with Crippen molar-refractivity contribution in [2.24, 2.45) is 11.7 Å². The SMILES string of the molecule is Cc1cc(C)c(C)c(CNC(CN)C(C)C)c1C. The highest BCUT2D eigenvalue weighted by molar-refractivity contribution is 5.43. The van der Waals surface area contributed by atoms with Crippen molar-refractivity contribution in [1.82, 2.24) is 5.32 Å². The second-order valence-electron chi connectivity index (χ2n) is 5.71. The molecule has 0 bridgehead atoms. The molecule has 0 spiro atoms. The molecule has 0 radical (unpaired) electrons. The predicted molar refractivity (Wildman–Crippen MR) is 79.9 cm³/mol. The largest absolute Gasteiger partial charge is 0.329 e. The molecule has 18 heavy (non-hydrogen) atoms. The van der Waals surface area contributed by atoms with Gasteiger partial charge in [-0.2, -0.15) is 0 Å². The summed E-state index contributed by atoms with van der Waals surface area (Å²) in [5, 5.41) is 3.60. The van der Waals surface area contributed by atoms with Crippen LogP contribution in [0.25, 0.3) is 0 Å². The summed E-state index contributed by atoms with van der Waals surface area (Å²) in [7, 11) is 0. The van der Waals surface area contributed by atoms with Gasteiger partial charge in [-0.25, -0.2) is 0 Å². The van der Waals surface area contributed by atoms with E-state index in [1.165, 1.54) is 27.8 Å². The molecule has 1 rings (SSSR count). The molecule has 0 aliphatic rings. The van der Waals surface area contributed by atoms with Crippen LogP contribution in [0.2, 0.25) is 0 Å². The molecule has 0 aliphatic carbocycles. The van der Waals surface area contributed by atoms with Crippen LogP contribution in [-0.4, -0.2) is 12.6 Å². The highest BCUT2D eigenvalue weighted by Gasteiger charge is 2.13. The molecule has 1 atom stereocenters. The van der Waals surface area contributed by atoms with Gasteiger partial charge in [0.25, 0.3) is 0 Å². The zero-order chi connectivity index (χ0) is 13.9. The van der Waals surface area contributed by atoms with E-state index in [1.807, 2.05) is 0 Å². The molecule has 0 fully saturated rings. The van der Waals surface area contributed by atoms with E-state index in [4.69, 9.17) is 5.73 Å². The van der Waals surface area contributed by atoms with Crippen molar-refractivity contribution in [3.63, 3.8) is 0 Å². The van der Waals surface area contributed by atoms with Crippen LogP contribution in [0.3, 0.4) is 0 Å². The number of rotatable bonds is 5. The fourth-order valence-corrected chi connectivity index (χ4v) is 2.39. The van der Waals surface area contributed by atoms with Gasteiger partial charge in [0, 0.05) is 19.1 Å². The summed E-state index contributed by atoms with van der Waals surface area (Å²) in [5.74, 6) is 0.571. The molecule has 2 nitrogen and oxygen atoms in total. The molecule has 1 aromatic rings. The van der Waals surface area contributed by atoms with Crippen LogP contribution in [0, 0.1) is 33.6 Å². The van der Waals surface area contributed by atoms with Gasteiger partial charge in [0.05, 0.1) is 0 Å². The smallest absolute Gasteiger partial charge is 0.0216 e. The number of nitrogens with one attached hydrogen (secondary N) is 1. The molecule has 102 valence electrons. The summed E-state index contributed by atoms with van der Waals surface area (Å²) >= 11 is 0. The summed E-state index contributed by atoms with van der Waals surface area (Å²) in [6.07, 6.45) is 0. The Kier molecular flexibility index (Phi) is 5.36. The molecular formula is C16H28N2. The van der Waals surface area contributed by atoms with Gasteiger partial charge in [-0.15, -0.1) is 0 Å². The molecule has 2 heteroatoms. The van der Waals surface area contributed by atoms with Gasteiger partial charge >= 0.3 is 0 Å². The normalized spacial score (nSPS) is 13.1. The molecule has 1 unspecified atom stereocenters. The van der Waals surface area contributed by atoms with Crippen LogP contribution in [-0.2, 0) is 6.54 Å². The molecule has 0 saturated carbocycles. The van der Waals surface area contributed by atoms with Crippen molar-refractivity contribution in [3.8, 4) is 0 Å². The summed E-state index contributed by atoms with van der Waals surface area (Å²) in [6, 6.07) is 2.67. The minimum Gasteiger partial charge on any atom is -0.329 e. The van der Waals surface area contributed by atoms with Crippen LogP contribution in [0.5, 0.6) is 0 Å². The third-order valence-electron chi connectivity index (χ3n) is 4.12. The maximum Gasteiger partial charge on any atom is 0.0216 e. The number of benzene rings is 1. The van der Waals surface area contributed by atoms with Crippen LogP contribution in [0.15, 0.2) is 6.07 Å². The zero-order valence-corrected chi connectivity index (χ0v) is 12.7. The van der Waals surface area contributed by atoms with Crippen molar-refractivity contribution in [2.75, 3.05) is 6.54 Å². The summed E-state index contributed by atoms with van der Waals surface area (Å²) < 4.78 is 0. The first kappa shape index (κ1) is 15.2. The monoisotopic (exact) mass is 248 g/mol. The van der Waals surface area contributed by atoms with Crippen LogP contribution < -0.4 is 11.1 Å². The Morgan fingerprint density at radius 3 is 1.94 bits per heavy atom. The maximum atomic E-state index is 5.81. The topological polar surface area (TPSA) is 38.0 Å². The van der Waals surface area contributed by atoms with Crippen molar-refractivity contribution in [1.29, 1.82) is 0 Å². The van der Waals surface area contributed by atoms with Crippen molar-refractivity contribution in [3.05, 3.63) is 33.9 Å². The Morgan fingerprint density at radius 1 is 1.06 bits per heavy atom. The molecule has 0 aromatic heterocycles. The molecule has 0 saturated heterocycles. The van der Waals surface area contributed by atoms with Crippen molar-refractivity contribution < 1.29 is 0 Å². The Morgan fingerprint density at radius 2 is 1.56 bits per heavy atom. The van der Waals surface area contributed by atoms with Gasteiger partial charge in [0.2, 0.25) is 0 Å². The van der Waals surface area contributed by atoms with Gasteiger partial charge in [0.15, 0.2) is 0 Å². The first-order valence-electron chi connectivity index (χ1n) is 6.88. The maximum absolute atomic E-state index is 5.81. The van der Waals surface area contributed by atoms with Gasteiger partial charge in [-0.1, -0.05) is 19.9 Å². The minimum absolute atomic E-state index is 0.393. The third kappa shape index (κ3) is 3.33. The fraction of sp³-hybridized carbons (Fsp3) is 0.625. The highest BCUT2D eigenvalue weighted by atomic mass is 14.9. The van der Waals surface area contributed by atoms with Crippen molar-refractivity contribution >= 4 is 0 Å². The van der Waals surface area contributed by atoms with E-state index in [9.17, 15) is 0 Å². The first-order chi connectivity index (χ1) is 8.38.